The SMILES string of the molecule is Fc1c(-c2ccc(OC(F)(F)F)cc2)ccc(-c2ccc(OC(F)(F)F)cc2)c1F. The van der Waals surface area contributed by atoms with Crippen LogP contribution in [0.15, 0.2) is 60.7 Å². The number of hydrogen-bond acceptors (Lipinski definition) is 2. The molecule has 30 heavy (non-hydrogen) atoms. The molecule has 0 heterocycles. The van der Waals surface area contributed by atoms with Crippen molar-refractivity contribution in [2.24, 2.45) is 0 Å². The molecule has 0 atom stereocenters. The van der Waals surface area contributed by atoms with Crippen LogP contribution in [0.4, 0.5) is 35.1 Å². The Morgan fingerprint density at radius 3 is 1.03 bits per heavy atom. The first-order valence-corrected chi connectivity index (χ1v) is 8.13. The summed E-state index contributed by atoms with van der Waals surface area (Å²) in [6, 6.07) is 10.7. The summed E-state index contributed by atoms with van der Waals surface area (Å²) in [5.41, 5.74) is -0.235. The summed E-state index contributed by atoms with van der Waals surface area (Å²) in [5.74, 6) is -3.59. The van der Waals surface area contributed by atoms with Crippen LogP contribution in [0.2, 0.25) is 0 Å². The van der Waals surface area contributed by atoms with Gasteiger partial charge in [0.05, 0.1) is 0 Å². The minimum absolute atomic E-state index is 0.0985. The second-order valence-electron chi connectivity index (χ2n) is 5.93. The zero-order valence-corrected chi connectivity index (χ0v) is 14.6. The van der Waals surface area contributed by atoms with Crippen LogP contribution < -0.4 is 9.47 Å². The van der Waals surface area contributed by atoms with Crippen molar-refractivity contribution in [3.05, 3.63) is 72.3 Å². The van der Waals surface area contributed by atoms with E-state index in [1.165, 1.54) is 12.1 Å². The van der Waals surface area contributed by atoms with Gasteiger partial charge in [-0.3, -0.25) is 0 Å². The lowest BCUT2D eigenvalue weighted by Gasteiger charge is -2.12. The van der Waals surface area contributed by atoms with E-state index in [1.807, 2.05) is 0 Å². The Morgan fingerprint density at radius 2 is 0.767 bits per heavy atom. The standard InChI is InChI=1S/C20H10F8O2/c21-17-15(11-1-5-13(6-2-11)29-19(23,24)25)9-10-16(18(17)22)12-3-7-14(8-4-12)30-20(26,27)28/h1-10H. The van der Waals surface area contributed by atoms with Crippen LogP contribution in [0, 0.1) is 11.6 Å². The van der Waals surface area contributed by atoms with Gasteiger partial charge in [0.15, 0.2) is 11.6 Å². The number of halogens is 8. The van der Waals surface area contributed by atoms with Crippen LogP contribution in [-0.2, 0) is 0 Å². The number of ether oxygens (including phenoxy) is 2. The lowest BCUT2D eigenvalue weighted by Crippen LogP contribution is -2.17. The van der Waals surface area contributed by atoms with Crippen molar-refractivity contribution in [2.45, 2.75) is 12.7 Å². The second-order valence-corrected chi connectivity index (χ2v) is 5.93. The maximum absolute atomic E-state index is 14.5. The Kier molecular flexibility index (Phi) is 5.60. The van der Waals surface area contributed by atoms with Crippen molar-refractivity contribution in [2.75, 3.05) is 0 Å². The van der Waals surface area contributed by atoms with Gasteiger partial charge >= 0.3 is 12.7 Å². The smallest absolute Gasteiger partial charge is 0.406 e. The van der Waals surface area contributed by atoms with Gasteiger partial charge in [0.25, 0.3) is 0 Å². The third-order valence-electron chi connectivity index (χ3n) is 3.88. The van der Waals surface area contributed by atoms with Crippen molar-refractivity contribution in [1.82, 2.24) is 0 Å². The topological polar surface area (TPSA) is 18.5 Å². The fraction of sp³-hybridized carbons (Fsp3) is 0.100. The fourth-order valence-corrected chi connectivity index (χ4v) is 2.67. The summed E-state index contributed by atoms with van der Waals surface area (Å²) in [6.45, 7) is 0. The van der Waals surface area contributed by atoms with Crippen molar-refractivity contribution in [3.63, 3.8) is 0 Å². The van der Waals surface area contributed by atoms with Crippen LogP contribution in [0.5, 0.6) is 11.5 Å². The third-order valence-corrected chi connectivity index (χ3v) is 3.88. The van der Waals surface area contributed by atoms with E-state index in [9.17, 15) is 35.1 Å². The molecule has 0 saturated heterocycles. The van der Waals surface area contributed by atoms with E-state index in [-0.39, 0.29) is 22.3 Å². The summed E-state index contributed by atoms with van der Waals surface area (Å²) in [6.07, 6.45) is -9.78. The van der Waals surface area contributed by atoms with Gasteiger partial charge in [-0.2, -0.15) is 0 Å². The highest BCUT2D eigenvalue weighted by molar-refractivity contribution is 5.72. The van der Waals surface area contributed by atoms with Gasteiger partial charge in [-0.15, -0.1) is 26.3 Å². The zero-order valence-electron chi connectivity index (χ0n) is 14.6. The van der Waals surface area contributed by atoms with Crippen LogP contribution in [0.1, 0.15) is 0 Å². The molecule has 0 N–H and O–H groups in total. The molecule has 0 aliphatic heterocycles. The van der Waals surface area contributed by atoms with E-state index in [2.05, 4.69) is 9.47 Å². The van der Waals surface area contributed by atoms with E-state index in [0.717, 1.165) is 48.5 Å². The predicted octanol–water partition coefficient (Wildman–Crippen LogP) is 7.10. The van der Waals surface area contributed by atoms with Gasteiger partial charge in [0.2, 0.25) is 0 Å². The van der Waals surface area contributed by atoms with Gasteiger partial charge in [-0.1, -0.05) is 36.4 Å². The molecule has 10 heteroatoms. The molecule has 0 aliphatic rings. The fourth-order valence-electron chi connectivity index (χ4n) is 2.67. The van der Waals surface area contributed by atoms with Gasteiger partial charge < -0.3 is 9.47 Å². The lowest BCUT2D eigenvalue weighted by atomic mass is 9.98. The van der Waals surface area contributed by atoms with E-state index >= 15 is 0 Å². The normalized spacial score (nSPS) is 12.0. The van der Waals surface area contributed by atoms with Crippen molar-refractivity contribution in [1.29, 1.82) is 0 Å². The van der Waals surface area contributed by atoms with Crippen molar-refractivity contribution >= 4 is 0 Å². The maximum atomic E-state index is 14.5. The van der Waals surface area contributed by atoms with E-state index in [1.54, 1.807) is 0 Å². The van der Waals surface area contributed by atoms with Gasteiger partial charge in [-0.25, -0.2) is 8.78 Å². The molecule has 0 amide bonds. The first-order chi connectivity index (χ1) is 13.9. The highest BCUT2D eigenvalue weighted by Crippen LogP contribution is 2.34. The molecule has 0 aliphatic carbocycles. The summed E-state index contributed by atoms with van der Waals surface area (Å²) in [7, 11) is 0. The number of alkyl halides is 6. The molecule has 0 aromatic heterocycles. The molecule has 158 valence electrons. The third kappa shape index (κ3) is 5.19. The summed E-state index contributed by atoms with van der Waals surface area (Å²) in [4.78, 5) is 0. The monoisotopic (exact) mass is 434 g/mol. The number of hydrogen-bond donors (Lipinski definition) is 0. The van der Waals surface area contributed by atoms with Crippen LogP contribution in [0.25, 0.3) is 22.3 Å². The molecule has 0 bridgehead atoms. The largest absolute Gasteiger partial charge is 0.573 e. The van der Waals surface area contributed by atoms with Crippen molar-refractivity contribution < 1.29 is 44.6 Å². The highest BCUT2D eigenvalue weighted by atomic mass is 19.4. The molecule has 0 unspecified atom stereocenters. The first-order valence-electron chi connectivity index (χ1n) is 8.13. The van der Waals surface area contributed by atoms with E-state index in [0.29, 0.717) is 0 Å². The number of rotatable bonds is 4. The maximum Gasteiger partial charge on any atom is 0.573 e. The molecular formula is C20H10F8O2. The van der Waals surface area contributed by atoms with Crippen LogP contribution in [0.3, 0.4) is 0 Å². The second kappa shape index (κ2) is 7.85. The predicted molar refractivity (Wildman–Crippen MR) is 90.6 cm³/mol. The Hall–Kier alpha value is -3.30. The molecule has 0 saturated carbocycles. The molecule has 2 nitrogen and oxygen atoms in total. The van der Waals surface area contributed by atoms with Crippen LogP contribution >= 0.6 is 0 Å². The Balaban J connectivity index is 1.87. The van der Waals surface area contributed by atoms with Gasteiger partial charge in [0, 0.05) is 11.1 Å². The molecule has 0 fully saturated rings. The Bertz CT molecular complexity index is 938. The average molecular weight is 434 g/mol. The minimum Gasteiger partial charge on any atom is -0.406 e. The zero-order chi connectivity index (χ0) is 22.1. The van der Waals surface area contributed by atoms with E-state index < -0.39 is 35.9 Å². The van der Waals surface area contributed by atoms with Crippen molar-refractivity contribution in [3.8, 4) is 33.8 Å². The Morgan fingerprint density at radius 1 is 0.467 bits per heavy atom. The quantitative estimate of drug-likeness (QED) is 0.408. The van der Waals surface area contributed by atoms with Gasteiger partial charge in [-0.05, 0) is 35.4 Å². The first kappa shape index (κ1) is 21.4. The molecule has 0 spiro atoms. The highest BCUT2D eigenvalue weighted by Gasteiger charge is 2.31. The molecule has 0 radical (unpaired) electrons. The minimum atomic E-state index is -4.89. The summed E-state index contributed by atoms with van der Waals surface area (Å²) < 4.78 is 110. The van der Waals surface area contributed by atoms with E-state index in [4.69, 9.17) is 0 Å². The summed E-state index contributed by atoms with van der Waals surface area (Å²) >= 11 is 0. The molecular weight excluding hydrogens is 424 g/mol. The number of benzene rings is 3. The van der Waals surface area contributed by atoms with Crippen LogP contribution in [-0.4, -0.2) is 12.7 Å². The average Bonchev–Trinajstić information content (AvgIpc) is 2.63. The molecule has 3 aromatic carbocycles. The molecule has 3 aromatic rings. The summed E-state index contributed by atoms with van der Waals surface area (Å²) in [5, 5.41) is 0. The van der Waals surface area contributed by atoms with Gasteiger partial charge in [0.1, 0.15) is 11.5 Å². The Labute approximate surface area is 164 Å². The molecule has 3 rings (SSSR count). The lowest BCUT2D eigenvalue weighted by molar-refractivity contribution is -0.275.